The van der Waals surface area contributed by atoms with E-state index in [0.717, 1.165) is 37.6 Å². The molecule has 0 saturated carbocycles. The Hall–Kier alpha value is -2.63. The summed E-state index contributed by atoms with van der Waals surface area (Å²) < 4.78 is 6.08. The number of aromatic nitrogens is 2. The van der Waals surface area contributed by atoms with Crippen LogP contribution < -0.4 is 15.0 Å². The fourth-order valence-corrected chi connectivity index (χ4v) is 4.25. The molecule has 3 heterocycles. The number of rotatable bonds is 3. The molecule has 1 atom stereocenters. The average Bonchev–Trinajstić information content (AvgIpc) is 2.69. The lowest BCUT2D eigenvalue weighted by atomic mass is 9.67. The highest BCUT2D eigenvalue weighted by Gasteiger charge is 2.45. The molecule has 2 aromatic rings. The van der Waals surface area contributed by atoms with E-state index in [1.54, 1.807) is 12.4 Å². The van der Waals surface area contributed by atoms with Crippen LogP contribution in [-0.2, 0) is 10.2 Å². The van der Waals surface area contributed by atoms with Crippen LogP contribution in [0.4, 0.5) is 5.95 Å². The molecule has 4 rings (SSSR count). The molecule has 0 bridgehead atoms. The van der Waals surface area contributed by atoms with Gasteiger partial charge in [0.05, 0.1) is 0 Å². The Kier molecular flexibility index (Phi) is 4.72. The molecule has 1 aromatic heterocycles. The lowest BCUT2D eigenvalue weighted by Crippen LogP contribution is -2.52. The van der Waals surface area contributed by atoms with Crippen molar-refractivity contribution in [1.29, 1.82) is 0 Å². The highest BCUT2D eigenvalue weighted by atomic mass is 16.5. The van der Waals surface area contributed by atoms with Crippen LogP contribution in [0.5, 0.6) is 5.75 Å². The summed E-state index contributed by atoms with van der Waals surface area (Å²) in [6.45, 7) is 5.69. The summed E-state index contributed by atoms with van der Waals surface area (Å²) in [4.78, 5) is 23.7. The molecule has 1 aromatic carbocycles. The van der Waals surface area contributed by atoms with E-state index in [4.69, 9.17) is 4.74 Å². The van der Waals surface area contributed by atoms with Gasteiger partial charge in [0.15, 0.2) is 6.10 Å². The summed E-state index contributed by atoms with van der Waals surface area (Å²) in [6.07, 6.45) is 5.74. The minimum Gasteiger partial charge on any atom is -0.480 e. The quantitative estimate of drug-likeness (QED) is 0.905. The number of hydrogen-bond donors (Lipinski definition) is 1. The standard InChI is InChI=1S/C21H26N4O2/c1-15(2)24-19(26)18-14-21(16-6-3-4-7-17(16)27-18)8-12-25(13-9-21)20-22-10-5-11-23-20/h3-7,10-11,15,18H,8-9,12-14H2,1-2H3,(H,24,26)/t18-/m0/s1. The Morgan fingerprint density at radius 2 is 1.89 bits per heavy atom. The molecule has 6 heteroatoms. The number of hydrogen-bond acceptors (Lipinski definition) is 5. The monoisotopic (exact) mass is 366 g/mol. The van der Waals surface area contributed by atoms with Gasteiger partial charge in [-0.05, 0) is 38.8 Å². The Morgan fingerprint density at radius 3 is 2.59 bits per heavy atom. The van der Waals surface area contributed by atoms with Crippen molar-refractivity contribution >= 4 is 11.9 Å². The Balaban J connectivity index is 1.58. The average molecular weight is 366 g/mol. The highest BCUT2D eigenvalue weighted by Crippen LogP contribution is 2.47. The maximum absolute atomic E-state index is 12.7. The van der Waals surface area contributed by atoms with Crippen molar-refractivity contribution in [1.82, 2.24) is 15.3 Å². The second kappa shape index (κ2) is 7.18. The minimum absolute atomic E-state index is 0.0206. The molecule has 6 nitrogen and oxygen atoms in total. The molecule has 0 aliphatic carbocycles. The number of piperidine rings is 1. The SMILES string of the molecule is CC(C)NC(=O)[C@@H]1CC2(CCN(c3ncccn3)CC2)c2ccccc2O1. The number of amides is 1. The van der Waals surface area contributed by atoms with Gasteiger partial charge < -0.3 is 15.0 Å². The van der Waals surface area contributed by atoms with Gasteiger partial charge in [-0.1, -0.05) is 18.2 Å². The van der Waals surface area contributed by atoms with Gasteiger partial charge in [0.2, 0.25) is 5.95 Å². The maximum atomic E-state index is 12.7. The van der Waals surface area contributed by atoms with Gasteiger partial charge >= 0.3 is 0 Å². The number of nitrogens with one attached hydrogen (secondary N) is 1. The van der Waals surface area contributed by atoms with E-state index >= 15 is 0 Å². The molecule has 1 fully saturated rings. The van der Waals surface area contributed by atoms with Crippen molar-refractivity contribution in [3.63, 3.8) is 0 Å². The summed E-state index contributed by atoms with van der Waals surface area (Å²) in [6, 6.07) is 10.1. The fraction of sp³-hybridized carbons (Fsp3) is 0.476. The molecule has 1 amide bonds. The molecule has 142 valence electrons. The Morgan fingerprint density at radius 1 is 1.19 bits per heavy atom. The predicted octanol–water partition coefficient (Wildman–Crippen LogP) is 2.69. The van der Waals surface area contributed by atoms with Crippen LogP contribution in [0.2, 0.25) is 0 Å². The lowest BCUT2D eigenvalue weighted by Gasteiger charge is -2.47. The molecule has 1 N–H and O–H groups in total. The molecule has 2 aliphatic heterocycles. The van der Waals surface area contributed by atoms with Crippen molar-refractivity contribution in [2.75, 3.05) is 18.0 Å². The van der Waals surface area contributed by atoms with Crippen molar-refractivity contribution in [2.45, 2.75) is 50.7 Å². The van der Waals surface area contributed by atoms with Crippen molar-refractivity contribution < 1.29 is 9.53 Å². The van der Waals surface area contributed by atoms with Gasteiger partial charge in [0.25, 0.3) is 5.91 Å². The number of carbonyl (C=O) groups is 1. The number of para-hydroxylation sites is 1. The summed E-state index contributed by atoms with van der Waals surface area (Å²) >= 11 is 0. The summed E-state index contributed by atoms with van der Waals surface area (Å²) in [7, 11) is 0. The van der Waals surface area contributed by atoms with E-state index in [1.165, 1.54) is 5.56 Å². The molecule has 1 saturated heterocycles. The summed E-state index contributed by atoms with van der Waals surface area (Å²) in [5.41, 5.74) is 1.19. The third-order valence-corrected chi connectivity index (χ3v) is 5.58. The minimum atomic E-state index is -0.443. The van der Waals surface area contributed by atoms with E-state index < -0.39 is 6.10 Å². The molecule has 27 heavy (non-hydrogen) atoms. The highest BCUT2D eigenvalue weighted by molar-refractivity contribution is 5.82. The summed E-state index contributed by atoms with van der Waals surface area (Å²) in [5.74, 6) is 1.60. The second-order valence-corrected chi connectivity index (χ2v) is 7.79. The van der Waals surface area contributed by atoms with Gasteiger partial charge in [0.1, 0.15) is 5.75 Å². The third kappa shape index (κ3) is 3.48. The van der Waals surface area contributed by atoms with Gasteiger partial charge in [0, 0.05) is 48.9 Å². The zero-order valence-electron chi connectivity index (χ0n) is 15.9. The predicted molar refractivity (Wildman–Crippen MR) is 104 cm³/mol. The largest absolute Gasteiger partial charge is 0.480 e. The number of carbonyl (C=O) groups excluding carboxylic acids is 1. The molecule has 0 unspecified atom stereocenters. The first-order valence-corrected chi connectivity index (χ1v) is 9.66. The van der Waals surface area contributed by atoms with Crippen LogP contribution in [-0.4, -0.2) is 41.1 Å². The second-order valence-electron chi connectivity index (χ2n) is 7.79. The van der Waals surface area contributed by atoms with Crippen LogP contribution >= 0.6 is 0 Å². The zero-order chi connectivity index (χ0) is 18.9. The van der Waals surface area contributed by atoms with Crippen LogP contribution in [0, 0.1) is 0 Å². The Bertz CT molecular complexity index is 801. The van der Waals surface area contributed by atoms with Crippen LogP contribution in [0.15, 0.2) is 42.7 Å². The van der Waals surface area contributed by atoms with Crippen LogP contribution in [0.1, 0.15) is 38.7 Å². The molecule has 1 spiro atoms. The first-order chi connectivity index (χ1) is 13.1. The van der Waals surface area contributed by atoms with Crippen molar-refractivity contribution in [2.24, 2.45) is 0 Å². The topological polar surface area (TPSA) is 67.4 Å². The normalized spacial score (nSPS) is 20.9. The number of benzene rings is 1. The molecular weight excluding hydrogens is 340 g/mol. The van der Waals surface area contributed by atoms with Crippen molar-refractivity contribution in [3.05, 3.63) is 48.3 Å². The van der Waals surface area contributed by atoms with E-state index in [0.29, 0.717) is 6.42 Å². The molecule has 0 radical (unpaired) electrons. The lowest BCUT2D eigenvalue weighted by molar-refractivity contribution is -0.130. The number of ether oxygens (including phenoxy) is 1. The van der Waals surface area contributed by atoms with E-state index in [2.05, 4.69) is 32.3 Å². The van der Waals surface area contributed by atoms with E-state index in [9.17, 15) is 4.79 Å². The van der Waals surface area contributed by atoms with Crippen molar-refractivity contribution in [3.8, 4) is 5.75 Å². The molecular formula is C21H26N4O2. The smallest absolute Gasteiger partial charge is 0.261 e. The van der Waals surface area contributed by atoms with Gasteiger partial charge in [-0.3, -0.25) is 4.79 Å². The number of fused-ring (bicyclic) bond motifs is 2. The first-order valence-electron chi connectivity index (χ1n) is 9.66. The van der Waals surface area contributed by atoms with E-state index in [1.807, 2.05) is 32.0 Å². The third-order valence-electron chi connectivity index (χ3n) is 5.58. The van der Waals surface area contributed by atoms with Gasteiger partial charge in [-0.2, -0.15) is 0 Å². The first kappa shape index (κ1) is 17.8. The van der Waals surface area contributed by atoms with Gasteiger partial charge in [-0.25, -0.2) is 9.97 Å². The van der Waals surface area contributed by atoms with E-state index in [-0.39, 0.29) is 17.4 Å². The van der Waals surface area contributed by atoms with Gasteiger partial charge in [-0.15, -0.1) is 0 Å². The maximum Gasteiger partial charge on any atom is 0.261 e. The van der Waals surface area contributed by atoms with Crippen LogP contribution in [0.3, 0.4) is 0 Å². The van der Waals surface area contributed by atoms with Crippen LogP contribution in [0.25, 0.3) is 0 Å². The zero-order valence-corrected chi connectivity index (χ0v) is 15.9. The Labute approximate surface area is 160 Å². The molecule has 2 aliphatic rings. The fourth-order valence-electron chi connectivity index (χ4n) is 4.25. The number of nitrogens with zero attached hydrogens (tertiary/aromatic N) is 3. The summed E-state index contributed by atoms with van der Waals surface area (Å²) in [5, 5.41) is 3.01. The number of anilines is 1.